The molecular formula is C15H17N3O3. The van der Waals surface area contributed by atoms with Crippen LogP contribution in [0.3, 0.4) is 0 Å². The standard InChI is InChI=1S/C15H17N3O3/c1-2-20-14-9-12(15(16)18-19)3-4-13(14)21-10-11-5-7-17-8-6-11/h3-9,19H,2,10H2,1H3,(H2,16,18). The van der Waals surface area contributed by atoms with Gasteiger partial charge in [-0.05, 0) is 42.8 Å². The Morgan fingerprint density at radius 3 is 2.62 bits per heavy atom. The lowest BCUT2D eigenvalue weighted by atomic mass is 10.2. The third-order valence-corrected chi connectivity index (χ3v) is 2.79. The molecule has 0 saturated carbocycles. The number of ether oxygens (including phenoxy) is 2. The first-order valence-corrected chi connectivity index (χ1v) is 6.51. The predicted molar refractivity (Wildman–Crippen MR) is 78.7 cm³/mol. The Morgan fingerprint density at radius 2 is 1.95 bits per heavy atom. The average molecular weight is 287 g/mol. The second kappa shape index (κ2) is 7.14. The zero-order chi connectivity index (χ0) is 15.1. The van der Waals surface area contributed by atoms with E-state index in [1.54, 1.807) is 30.6 Å². The van der Waals surface area contributed by atoms with Gasteiger partial charge >= 0.3 is 0 Å². The number of rotatable bonds is 6. The lowest BCUT2D eigenvalue weighted by molar-refractivity contribution is 0.269. The largest absolute Gasteiger partial charge is 0.490 e. The summed E-state index contributed by atoms with van der Waals surface area (Å²) in [6.45, 7) is 2.78. The SMILES string of the molecule is CCOc1cc(C(N)=NO)ccc1OCc1ccncc1. The van der Waals surface area contributed by atoms with Gasteiger partial charge in [-0.25, -0.2) is 0 Å². The van der Waals surface area contributed by atoms with Crippen LogP contribution in [0, 0.1) is 0 Å². The molecule has 0 unspecified atom stereocenters. The molecule has 3 N–H and O–H groups in total. The third kappa shape index (κ3) is 3.85. The van der Waals surface area contributed by atoms with Crippen molar-refractivity contribution >= 4 is 5.84 Å². The van der Waals surface area contributed by atoms with E-state index < -0.39 is 0 Å². The van der Waals surface area contributed by atoms with Crippen LogP contribution in [0.1, 0.15) is 18.1 Å². The molecule has 0 bridgehead atoms. The van der Waals surface area contributed by atoms with Gasteiger partial charge in [-0.2, -0.15) is 0 Å². The minimum atomic E-state index is 0.0247. The summed E-state index contributed by atoms with van der Waals surface area (Å²) < 4.78 is 11.3. The van der Waals surface area contributed by atoms with Crippen molar-refractivity contribution in [3.63, 3.8) is 0 Å². The van der Waals surface area contributed by atoms with Gasteiger partial charge in [0.2, 0.25) is 0 Å². The van der Waals surface area contributed by atoms with E-state index in [2.05, 4.69) is 10.1 Å². The maximum absolute atomic E-state index is 8.72. The average Bonchev–Trinajstić information content (AvgIpc) is 2.54. The fourth-order valence-electron chi connectivity index (χ4n) is 1.75. The Bertz CT molecular complexity index is 615. The molecule has 21 heavy (non-hydrogen) atoms. The van der Waals surface area contributed by atoms with Gasteiger partial charge < -0.3 is 20.4 Å². The summed E-state index contributed by atoms with van der Waals surface area (Å²) in [7, 11) is 0. The number of benzene rings is 1. The lowest BCUT2D eigenvalue weighted by Gasteiger charge is -2.13. The first-order chi connectivity index (χ1) is 10.2. The molecule has 0 fully saturated rings. The van der Waals surface area contributed by atoms with Crippen LogP contribution in [0.2, 0.25) is 0 Å². The van der Waals surface area contributed by atoms with Crippen LogP contribution in [0.15, 0.2) is 47.9 Å². The van der Waals surface area contributed by atoms with Crippen LogP contribution in [-0.2, 0) is 6.61 Å². The Hall–Kier alpha value is -2.76. The summed E-state index contributed by atoms with van der Waals surface area (Å²) in [5.74, 6) is 1.18. The van der Waals surface area contributed by atoms with Gasteiger partial charge in [-0.1, -0.05) is 5.16 Å². The van der Waals surface area contributed by atoms with Gasteiger partial charge in [-0.3, -0.25) is 4.98 Å². The molecule has 2 rings (SSSR count). The molecule has 0 saturated heterocycles. The summed E-state index contributed by atoms with van der Waals surface area (Å²) in [4.78, 5) is 3.96. The summed E-state index contributed by atoms with van der Waals surface area (Å²) in [6, 6.07) is 8.88. The molecule has 6 heteroatoms. The first kappa shape index (κ1) is 14.6. The smallest absolute Gasteiger partial charge is 0.170 e. The summed E-state index contributed by atoms with van der Waals surface area (Å²) in [6.07, 6.45) is 3.42. The molecule has 0 atom stereocenters. The fourth-order valence-corrected chi connectivity index (χ4v) is 1.75. The highest BCUT2D eigenvalue weighted by atomic mass is 16.5. The van der Waals surface area contributed by atoms with Crippen LogP contribution in [0.5, 0.6) is 11.5 Å². The Balaban J connectivity index is 2.18. The van der Waals surface area contributed by atoms with Crippen molar-refractivity contribution in [3.05, 3.63) is 53.9 Å². The number of oxime groups is 1. The Labute approximate surface area is 122 Å². The zero-order valence-electron chi connectivity index (χ0n) is 11.7. The second-order valence-electron chi connectivity index (χ2n) is 4.22. The van der Waals surface area contributed by atoms with E-state index in [1.165, 1.54) is 0 Å². The zero-order valence-corrected chi connectivity index (χ0v) is 11.7. The maximum atomic E-state index is 8.72. The molecule has 0 spiro atoms. The summed E-state index contributed by atoms with van der Waals surface area (Å²) >= 11 is 0. The summed E-state index contributed by atoms with van der Waals surface area (Å²) in [5, 5.41) is 11.7. The van der Waals surface area contributed by atoms with E-state index in [9.17, 15) is 0 Å². The number of aromatic nitrogens is 1. The van der Waals surface area contributed by atoms with Crippen LogP contribution in [0.4, 0.5) is 0 Å². The number of hydrogen-bond donors (Lipinski definition) is 2. The molecule has 0 aliphatic rings. The van der Waals surface area contributed by atoms with Crippen molar-refractivity contribution in [3.8, 4) is 11.5 Å². The number of nitrogens with two attached hydrogens (primary N) is 1. The monoisotopic (exact) mass is 287 g/mol. The number of hydrogen-bond acceptors (Lipinski definition) is 5. The van der Waals surface area contributed by atoms with Gasteiger partial charge in [0.1, 0.15) is 6.61 Å². The quantitative estimate of drug-likeness (QED) is 0.368. The van der Waals surface area contributed by atoms with E-state index in [4.69, 9.17) is 20.4 Å². The van der Waals surface area contributed by atoms with Gasteiger partial charge in [0.05, 0.1) is 6.61 Å². The molecule has 2 aromatic rings. The van der Waals surface area contributed by atoms with Crippen LogP contribution >= 0.6 is 0 Å². The number of amidine groups is 1. The van der Waals surface area contributed by atoms with Crippen LogP contribution in [0.25, 0.3) is 0 Å². The van der Waals surface area contributed by atoms with E-state index in [0.29, 0.717) is 30.3 Å². The van der Waals surface area contributed by atoms with Crippen molar-refractivity contribution in [1.82, 2.24) is 4.98 Å². The Morgan fingerprint density at radius 1 is 1.19 bits per heavy atom. The van der Waals surface area contributed by atoms with Crippen molar-refractivity contribution in [1.29, 1.82) is 0 Å². The van der Waals surface area contributed by atoms with Crippen LogP contribution < -0.4 is 15.2 Å². The van der Waals surface area contributed by atoms with Crippen LogP contribution in [-0.4, -0.2) is 22.6 Å². The second-order valence-corrected chi connectivity index (χ2v) is 4.22. The lowest BCUT2D eigenvalue weighted by Crippen LogP contribution is -2.13. The molecule has 110 valence electrons. The molecule has 1 heterocycles. The molecule has 0 radical (unpaired) electrons. The Kier molecular flexibility index (Phi) is 4.98. The minimum Gasteiger partial charge on any atom is -0.490 e. The molecule has 0 amide bonds. The van der Waals surface area contributed by atoms with E-state index >= 15 is 0 Å². The topological polar surface area (TPSA) is 90.0 Å². The predicted octanol–water partition coefficient (Wildman–Crippen LogP) is 2.15. The van der Waals surface area contributed by atoms with Crippen molar-refractivity contribution in [2.45, 2.75) is 13.5 Å². The highest BCUT2D eigenvalue weighted by Gasteiger charge is 2.09. The third-order valence-electron chi connectivity index (χ3n) is 2.79. The van der Waals surface area contributed by atoms with E-state index in [1.807, 2.05) is 19.1 Å². The van der Waals surface area contributed by atoms with Crippen molar-refractivity contribution in [2.75, 3.05) is 6.61 Å². The molecular weight excluding hydrogens is 270 g/mol. The summed E-state index contributed by atoms with van der Waals surface area (Å²) in [5.41, 5.74) is 7.15. The first-order valence-electron chi connectivity index (χ1n) is 6.51. The van der Waals surface area contributed by atoms with Crippen molar-refractivity contribution < 1.29 is 14.7 Å². The van der Waals surface area contributed by atoms with Gasteiger partial charge in [0.25, 0.3) is 0 Å². The van der Waals surface area contributed by atoms with Crippen molar-refractivity contribution in [2.24, 2.45) is 10.9 Å². The van der Waals surface area contributed by atoms with E-state index in [-0.39, 0.29) is 5.84 Å². The number of pyridine rings is 1. The molecule has 0 aliphatic heterocycles. The normalized spacial score (nSPS) is 11.2. The molecule has 1 aromatic heterocycles. The van der Waals surface area contributed by atoms with Gasteiger partial charge in [0.15, 0.2) is 17.3 Å². The molecule has 1 aromatic carbocycles. The van der Waals surface area contributed by atoms with E-state index in [0.717, 1.165) is 5.56 Å². The van der Waals surface area contributed by atoms with Gasteiger partial charge in [-0.15, -0.1) is 0 Å². The fraction of sp³-hybridized carbons (Fsp3) is 0.200. The maximum Gasteiger partial charge on any atom is 0.170 e. The molecule has 0 aliphatic carbocycles. The molecule has 6 nitrogen and oxygen atoms in total. The highest BCUT2D eigenvalue weighted by Crippen LogP contribution is 2.29. The minimum absolute atomic E-state index is 0.0247. The van der Waals surface area contributed by atoms with Gasteiger partial charge in [0, 0.05) is 18.0 Å². The highest BCUT2D eigenvalue weighted by molar-refractivity contribution is 5.97. The number of nitrogens with zero attached hydrogens (tertiary/aromatic N) is 2.